The number of aromatic nitrogens is 3. The number of benzene rings is 1. The summed E-state index contributed by atoms with van der Waals surface area (Å²) in [6.45, 7) is 1.99. The van der Waals surface area contributed by atoms with Gasteiger partial charge in [0.1, 0.15) is 12.7 Å². The van der Waals surface area contributed by atoms with E-state index in [0.717, 1.165) is 28.9 Å². The number of fused-ring (bicyclic) bond motifs is 1. The Hall–Kier alpha value is -2.17. The average molecular weight is 228 g/mol. The molecule has 0 unspecified atom stereocenters. The SMILES string of the molecule is Cc1cc(-n2cncn2)cc2c1NC(=O)CC2. The highest BCUT2D eigenvalue weighted by molar-refractivity contribution is 5.95. The third-order valence-corrected chi connectivity index (χ3v) is 2.97. The zero-order valence-electron chi connectivity index (χ0n) is 9.47. The van der Waals surface area contributed by atoms with Gasteiger partial charge in [0.25, 0.3) is 0 Å². The van der Waals surface area contributed by atoms with Gasteiger partial charge >= 0.3 is 0 Å². The molecule has 2 heterocycles. The highest BCUT2D eigenvalue weighted by Crippen LogP contribution is 2.28. The van der Waals surface area contributed by atoms with Crippen molar-refractivity contribution in [3.8, 4) is 5.69 Å². The van der Waals surface area contributed by atoms with Gasteiger partial charge in [0, 0.05) is 12.1 Å². The lowest BCUT2D eigenvalue weighted by Crippen LogP contribution is -2.20. The molecule has 0 saturated carbocycles. The lowest BCUT2D eigenvalue weighted by Gasteiger charge is -2.20. The van der Waals surface area contributed by atoms with Gasteiger partial charge in [-0.05, 0) is 36.6 Å². The summed E-state index contributed by atoms with van der Waals surface area (Å²) in [5.41, 5.74) is 4.15. The molecule has 5 heteroatoms. The van der Waals surface area contributed by atoms with Crippen molar-refractivity contribution in [1.82, 2.24) is 14.8 Å². The fourth-order valence-corrected chi connectivity index (χ4v) is 2.14. The Morgan fingerprint density at radius 3 is 3.00 bits per heavy atom. The highest BCUT2D eigenvalue weighted by Gasteiger charge is 2.17. The minimum atomic E-state index is 0.0918. The fourth-order valence-electron chi connectivity index (χ4n) is 2.14. The van der Waals surface area contributed by atoms with E-state index in [9.17, 15) is 4.79 Å². The second kappa shape index (κ2) is 3.69. The molecular weight excluding hydrogens is 216 g/mol. The van der Waals surface area contributed by atoms with Crippen molar-refractivity contribution >= 4 is 11.6 Å². The summed E-state index contributed by atoms with van der Waals surface area (Å²) in [6.07, 6.45) is 4.51. The van der Waals surface area contributed by atoms with E-state index >= 15 is 0 Å². The van der Waals surface area contributed by atoms with Gasteiger partial charge in [-0.3, -0.25) is 4.79 Å². The number of aryl methyl sites for hydroxylation is 2. The van der Waals surface area contributed by atoms with Gasteiger partial charge in [0.15, 0.2) is 0 Å². The van der Waals surface area contributed by atoms with Crippen LogP contribution >= 0.6 is 0 Å². The molecule has 0 aliphatic carbocycles. The second-order valence-corrected chi connectivity index (χ2v) is 4.19. The summed E-state index contributed by atoms with van der Waals surface area (Å²) < 4.78 is 1.73. The molecule has 0 fully saturated rings. The Balaban J connectivity index is 2.11. The van der Waals surface area contributed by atoms with Gasteiger partial charge in [-0.25, -0.2) is 9.67 Å². The van der Waals surface area contributed by atoms with Crippen LogP contribution in [0.15, 0.2) is 24.8 Å². The third kappa shape index (κ3) is 1.69. The van der Waals surface area contributed by atoms with Crippen molar-refractivity contribution in [3.05, 3.63) is 35.9 Å². The summed E-state index contributed by atoms with van der Waals surface area (Å²) >= 11 is 0. The first-order valence-electron chi connectivity index (χ1n) is 5.52. The van der Waals surface area contributed by atoms with E-state index in [4.69, 9.17) is 0 Å². The van der Waals surface area contributed by atoms with Gasteiger partial charge < -0.3 is 5.32 Å². The quantitative estimate of drug-likeness (QED) is 0.803. The number of nitrogens with one attached hydrogen (secondary N) is 1. The maximum atomic E-state index is 11.4. The number of nitrogens with zero attached hydrogens (tertiary/aromatic N) is 3. The molecule has 3 rings (SSSR count). The minimum absolute atomic E-state index is 0.0918. The van der Waals surface area contributed by atoms with Crippen molar-refractivity contribution < 1.29 is 4.79 Å². The molecule has 2 aromatic rings. The summed E-state index contributed by atoms with van der Waals surface area (Å²) in [6, 6.07) is 4.05. The number of rotatable bonds is 1. The summed E-state index contributed by atoms with van der Waals surface area (Å²) in [7, 11) is 0. The molecule has 0 saturated heterocycles. The van der Waals surface area contributed by atoms with E-state index in [1.54, 1.807) is 11.0 Å². The van der Waals surface area contributed by atoms with E-state index in [-0.39, 0.29) is 5.91 Å². The van der Waals surface area contributed by atoms with Gasteiger partial charge in [-0.1, -0.05) is 0 Å². The lowest BCUT2D eigenvalue weighted by atomic mass is 9.99. The summed E-state index contributed by atoms with van der Waals surface area (Å²) in [5, 5.41) is 7.03. The standard InChI is InChI=1S/C12H12N4O/c1-8-4-10(16-7-13-6-14-16)5-9-2-3-11(17)15-12(8)9/h4-7H,2-3H2,1H3,(H,15,17). The Morgan fingerprint density at radius 2 is 2.24 bits per heavy atom. The van der Waals surface area contributed by atoms with Crippen LogP contribution in [0.3, 0.4) is 0 Å². The van der Waals surface area contributed by atoms with Crippen LogP contribution in [0.4, 0.5) is 5.69 Å². The summed E-state index contributed by atoms with van der Waals surface area (Å²) in [5.74, 6) is 0.0918. The predicted octanol–water partition coefficient (Wildman–Crippen LogP) is 1.46. The first-order valence-corrected chi connectivity index (χ1v) is 5.52. The molecule has 0 bridgehead atoms. The lowest BCUT2D eigenvalue weighted by molar-refractivity contribution is -0.116. The zero-order chi connectivity index (χ0) is 11.8. The van der Waals surface area contributed by atoms with E-state index in [1.165, 1.54) is 6.33 Å². The molecule has 5 nitrogen and oxygen atoms in total. The number of hydrogen-bond donors (Lipinski definition) is 1. The summed E-state index contributed by atoms with van der Waals surface area (Å²) in [4.78, 5) is 15.3. The van der Waals surface area contributed by atoms with E-state index < -0.39 is 0 Å². The Kier molecular flexibility index (Phi) is 2.18. The molecule has 86 valence electrons. The number of amides is 1. The number of anilines is 1. The Labute approximate surface area is 98.5 Å². The van der Waals surface area contributed by atoms with Crippen molar-refractivity contribution in [2.75, 3.05) is 5.32 Å². The number of carbonyl (C=O) groups excluding carboxylic acids is 1. The van der Waals surface area contributed by atoms with Crippen LogP contribution in [-0.4, -0.2) is 20.7 Å². The number of carbonyl (C=O) groups is 1. The van der Waals surface area contributed by atoms with Crippen LogP contribution in [-0.2, 0) is 11.2 Å². The normalized spacial score (nSPS) is 14.3. The molecule has 0 atom stereocenters. The molecule has 1 aliphatic rings. The van der Waals surface area contributed by atoms with Crippen LogP contribution in [0.5, 0.6) is 0 Å². The molecule has 1 aromatic heterocycles. The monoisotopic (exact) mass is 228 g/mol. The molecule has 17 heavy (non-hydrogen) atoms. The van der Waals surface area contributed by atoms with E-state index in [0.29, 0.717) is 6.42 Å². The molecule has 1 N–H and O–H groups in total. The van der Waals surface area contributed by atoms with Crippen molar-refractivity contribution in [2.45, 2.75) is 19.8 Å². The van der Waals surface area contributed by atoms with Gasteiger partial charge in [0.05, 0.1) is 5.69 Å². The van der Waals surface area contributed by atoms with Crippen LogP contribution < -0.4 is 5.32 Å². The van der Waals surface area contributed by atoms with Gasteiger partial charge in [-0.2, -0.15) is 5.10 Å². The molecule has 1 aliphatic heterocycles. The molecule has 0 radical (unpaired) electrons. The van der Waals surface area contributed by atoms with Crippen molar-refractivity contribution in [1.29, 1.82) is 0 Å². The van der Waals surface area contributed by atoms with Gasteiger partial charge in [0.2, 0.25) is 5.91 Å². The van der Waals surface area contributed by atoms with Gasteiger partial charge in [-0.15, -0.1) is 0 Å². The highest BCUT2D eigenvalue weighted by atomic mass is 16.1. The average Bonchev–Trinajstić information content (AvgIpc) is 2.83. The maximum Gasteiger partial charge on any atom is 0.224 e. The van der Waals surface area contributed by atoms with E-state index in [2.05, 4.69) is 21.5 Å². The second-order valence-electron chi connectivity index (χ2n) is 4.19. The van der Waals surface area contributed by atoms with Crippen LogP contribution in [0.25, 0.3) is 5.69 Å². The number of hydrogen-bond acceptors (Lipinski definition) is 3. The minimum Gasteiger partial charge on any atom is -0.326 e. The largest absolute Gasteiger partial charge is 0.326 e. The topological polar surface area (TPSA) is 59.8 Å². The van der Waals surface area contributed by atoms with Crippen LogP contribution in [0, 0.1) is 6.92 Å². The van der Waals surface area contributed by atoms with Crippen LogP contribution in [0.2, 0.25) is 0 Å². The molecule has 1 amide bonds. The predicted molar refractivity (Wildman–Crippen MR) is 63.0 cm³/mol. The van der Waals surface area contributed by atoms with Crippen molar-refractivity contribution in [2.24, 2.45) is 0 Å². The molecule has 0 spiro atoms. The Morgan fingerprint density at radius 1 is 1.35 bits per heavy atom. The van der Waals surface area contributed by atoms with Crippen LogP contribution in [0.1, 0.15) is 17.5 Å². The van der Waals surface area contributed by atoms with E-state index in [1.807, 2.05) is 13.0 Å². The van der Waals surface area contributed by atoms with Crippen molar-refractivity contribution in [3.63, 3.8) is 0 Å². The maximum absolute atomic E-state index is 11.4. The smallest absolute Gasteiger partial charge is 0.224 e. The first-order chi connectivity index (χ1) is 8.24. The molecular formula is C12H12N4O. The fraction of sp³-hybridized carbons (Fsp3) is 0.250. The zero-order valence-corrected chi connectivity index (χ0v) is 9.47. The Bertz CT molecular complexity index is 574. The molecule has 1 aromatic carbocycles. The third-order valence-electron chi connectivity index (χ3n) is 2.97. The first kappa shape index (κ1) is 10.0.